The van der Waals surface area contributed by atoms with Gasteiger partial charge in [-0.3, -0.25) is 13.9 Å². The Morgan fingerprint density at radius 2 is 1.84 bits per heavy atom. The molecule has 0 saturated heterocycles. The van der Waals surface area contributed by atoms with E-state index in [1.165, 1.54) is 21.3 Å². The van der Waals surface area contributed by atoms with Crippen LogP contribution in [0.15, 0.2) is 38.4 Å². The van der Waals surface area contributed by atoms with E-state index < -0.39 is 11.2 Å². The Balaban J connectivity index is 1.48. The molecule has 0 amide bonds. The summed E-state index contributed by atoms with van der Waals surface area (Å²) >= 11 is 5.94. The number of H-pyrrole nitrogens is 1. The number of rotatable bonds is 9. The zero-order chi connectivity index (χ0) is 22.7. The fourth-order valence-electron chi connectivity index (χ4n) is 3.49. The quantitative estimate of drug-likeness (QED) is 0.384. The van der Waals surface area contributed by atoms with E-state index in [2.05, 4.69) is 20.1 Å². The molecule has 3 aromatic heterocycles. The second-order valence-corrected chi connectivity index (χ2v) is 7.84. The van der Waals surface area contributed by atoms with Crippen LogP contribution in [0.1, 0.15) is 43.5 Å². The molecular weight excluding hydrogens is 439 g/mol. The highest BCUT2D eigenvalue weighted by Crippen LogP contribution is 2.12. The zero-order valence-corrected chi connectivity index (χ0v) is 18.2. The van der Waals surface area contributed by atoms with Gasteiger partial charge in [-0.15, -0.1) is 0 Å². The molecule has 0 bridgehead atoms. The molecule has 3 heterocycles. The first kappa shape index (κ1) is 21.9. The van der Waals surface area contributed by atoms with Crippen molar-refractivity contribution in [2.45, 2.75) is 52.1 Å². The molecule has 0 radical (unpaired) electrons. The van der Waals surface area contributed by atoms with Crippen LogP contribution in [0, 0.1) is 5.82 Å². The lowest BCUT2D eigenvalue weighted by Gasteiger charge is -2.10. The average Bonchev–Trinajstić information content (AvgIpc) is 3.38. The summed E-state index contributed by atoms with van der Waals surface area (Å²) in [5, 5.41) is 4.02. The molecule has 0 aliphatic carbocycles. The summed E-state index contributed by atoms with van der Waals surface area (Å²) in [6.07, 6.45) is 2.95. The normalized spacial score (nSPS) is 11.5. The van der Waals surface area contributed by atoms with Crippen LogP contribution in [0.5, 0.6) is 0 Å². The topological polar surface area (TPSA) is 112 Å². The van der Waals surface area contributed by atoms with E-state index in [9.17, 15) is 14.0 Å². The third-order valence-corrected chi connectivity index (χ3v) is 5.31. The van der Waals surface area contributed by atoms with Gasteiger partial charge in [-0.25, -0.2) is 9.18 Å². The van der Waals surface area contributed by atoms with E-state index in [-0.39, 0.29) is 28.8 Å². The Bertz CT molecular complexity index is 1340. The third kappa shape index (κ3) is 4.64. The highest BCUT2D eigenvalue weighted by molar-refractivity contribution is 6.28. The Labute approximate surface area is 186 Å². The predicted molar refractivity (Wildman–Crippen MR) is 116 cm³/mol. The van der Waals surface area contributed by atoms with Crippen molar-refractivity contribution in [3.63, 3.8) is 0 Å². The molecule has 0 aliphatic rings. The van der Waals surface area contributed by atoms with Gasteiger partial charge in [-0.2, -0.15) is 9.97 Å². The number of hydrogen-bond donors (Lipinski definition) is 1. The molecule has 0 spiro atoms. The number of aryl methyl sites for hydroxylation is 2. The maximum atomic E-state index is 13.0. The summed E-state index contributed by atoms with van der Waals surface area (Å²) in [5.74, 6) is 0.589. The third-order valence-electron chi connectivity index (χ3n) is 5.13. The van der Waals surface area contributed by atoms with Crippen molar-refractivity contribution < 1.29 is 8.91 Å². The number of halogens is 2. The van der Waals surface area contributed by atoms with Crippen molar-refractivity contribution in [1.82, 2.24) is 29.2 Å². The molecule has 0 unspecified atom stereocenters. The number of fused-ring (bicyclic) bond motifs is 1. The van der Waals surface area contributed by atoms with Crippen LogP contribution < -0.4 is 11.2 Å². The molecule has 1 aromatic carbocycles. The molecule has 32 heavy (non-hydrogen) atoms. The number of aromatic amines is 1. The van der Waals surface area contributed by atoms with Gasteiger partial charge in [-0.05, 0) is 42.1 Å². The van der Waals surface area contributed by atoms with Crippen LogP contribution in [0.2, 0.25) is 5.28 Å². The van der Waals surface area contributed by atoms with Gasteiger partial charge in [0.15, 0.2) is 17.0 Å². The Kier molecular flexibility index (Phi) is 6.50. The number of benzene rings is 1. The summed E-state index contributed by atoms with van der Waals surface area (Å²) in [6, 6.07) is 6.07. The van der Waals surface area contributed by atoms with Crippen LogP contribution >= 0.6 is 11.6 Å². The molecular formula is C21H22ClFN6O3. The van der Waals surface area contributed by atoms with Gasteiger partial charge in [0.05, 0.1) is 6.42 Å². The highest BCUT2D eigenvalue weighted by atomic mass is 35.5. The molecule has 9 nitrogen and oxygen atoms in total. The monoisotopic (exact) mass is 460 g/mol. The molecule has 0 aliphatic heterocycles. The van der Waals surface area contributed by atoms with Crippen molar-refractivity contribution in [2.24, 2.45) is 0 Å². The van der Waals surface area contributed by atoms with Crippen LogP contribution in [0.4, 0.5) is 4.39 Å². The van der Waals surface area contributed by atoms with Gasteiger partial charge >= 0.3 is 5.69 Å². The lowest BCUT2D eigenvalue weighted by molar-refractivity contribution is 0.378. The predicted octanol–water partition coefficient (Wildman–Crippen LogP) is 3.09. The van der Waals surface area contributed by atoms with Gasteiger partial charge < -0.3 is 9.51 Å². The molecule has 11 heteroatoms. The summed E-state index contributed by atoms with van der Waals surface area (Å²) in [5.41, 5.74) is 0.476. The minimum atomic E-state index is -0.456. The Morgan fingerprint density at radius 3 is 2.59 bits per heavy atom. The number of nitrogens with zero attached hydrogens (tertiary/aromatic N) is 5. The lowest BCUT2D eigenvalue weighted by atomic mass is 10.1. The second kappa shape index (κ2) is 9.47. The van der Waals surface area contributed by atoms with Crippen LogP contribution in [0.3, 0.4) is 0 Å². The van der Waals surface area contributed by atoms with Gasteiger partial charge in [-0.1, -0.05) is 30.6 Å². The van der Waals surface area contributed by atoms with E-state index in [1.807, 2.05) is 6.92 Å². The number of imidazole rings is 1. The van der Waals surface area contributed by atoms with E-state index in [0.29, 0.717) is 37.5 Å². The Morgan fingerprint density at radius 1 is 1.09 bits per heavy atom. The minimum Gasteiger partial charge on any atom is -0.339 e. The number of unbranched alkanes of at least 4 members (excludes halogenated alkanes) is 1. The molecule has 0 atom stereocenters. The van der Waals surface area contributed by atoms with Crippen LogP contribution in [0.25, 0.3) is 11.2 Å². The van der Waals surface area contributed by atoms with Crippen LogP contribution in [-0.2, 0) is 25.9 Å². The maximum Gasteiger partial charge on any atom is 0.332 e. The largest absolute Gasteiger partial charge is 0.339 e. The van der Waals surface area contributed by atoms with Crippen molar-refractivity contribution in [3.8, 4) is 0 Å². The minimum absolute atomic E-state index is 0.0694. The summed E-state index contributed by atoms with van der Waals surface area (Å²) < 4.78 is 21.0. The van der Waals surface area contributed by atoms with E-state index >= 15 is 0 Å². The molecule has 4 aromatic rings. The standard InChI is InChI=1S/C21H22ClFN6O3/c1-2-3-10-28-18-17(25-20(22)26-18)19(30)29(21(28)31)11-4-5-15-24-16(32-27-15)12-13-6-8-14(23)9-7-13/h6-9H,2-5,10-12H2,1H3,(H,25,26). The first-order chi connectivity index (χ1) is 15.5. The molecule has 0 fully saturated rings. The summed E-state index contributed by atoms with van der Waals surface area (Å²) in [4.78, 5) is 36.9. The summed E-state index contributed by atoms with van der Waals surface area (Å²) in [7, 11) is 0. The number of hydrogen-bond acceptors (Lipinski definition) is 6. The zero-order valence-electron chi connectivity index (χ0n) is 17.5. The van der Waals surface area contributed by atoms with E-state index in [1.54, 1.807) is 12.1 Å². The average molecular weight is 461 g/mol. The Hall–Kier alpha value is -3.27. The van der Waals surface area contributed by atoms with Crippen LogP contribution in [-0.4, -0.2) is 29.2 Å². The molecule has 4 rings (SSSR count). The lowest BCUT2D eigenvalue weighted by Crippen LogP contribution is -2.40. The summed E-state index contributed by atoms with van der Waals surface area (Å²) in [6.45, 7) is 2.66. The fourth-order valence-corrected chi connectivity index (χ4v) is 3.66. The van der Waals surface area contributed by atoms with E-state index in [4.69, 9.17) is 16.1 Å². The first-order valence-electron chi connectivity index (χ1n) is 10.4. The second-order valence-electron chi connectivity index (χ2n) is 7.48. The van der Waals surface area contributed by atoms with Crippen molar-refractivity contribution >= 4 is 22.8 Å². The number of aromatic nitrogens is 6. The van der Waals surface area contributed by atoms with Crippen molar-refractivity contribution in [1.29, 1.82) is 0 Å². The molecule has 168 valence electrons. The van der Waals surface area contributed by atoms with E-state index in [0.717, 1.165) is 18.4 Å². The van der Waals surface area contributed by atoms with Gasteiger partial charge in [0.1, 0.15) is 5.82 Å². The molecule has 1 N–H and O–H groups in total. The molecule has 0 saturated carbocycles. The fraction of sp³-hybridized carbons (Fsp3) is 0.381. The maximum absolute atomic E-state index is 13.0. The van der Waals surface area contributed by atoms with Gasteiger partial charge in [0, 0.05) is 19.5 Å². The van der Waals surface area contributed by atoms with Gasteiger partial charge in [0.2, 0.25) is 11.2 Å². The SMILES string of the molecule is CCCCn1c(=O)n(CCCc2noc(Cc3ccc(F)cc3)n2)c(=O)c2[nH]c(Cl)nc21. The first-order valence-corrected chi connectivity index (χ1v) is 10.8. The highest BCUT2D eigenvalue weighted by Gasteiger charge is 2.17. The van der Waals surface area contributed by atoms with Crippen molar-refractivity contribution in [3.05, 3.63) is 73.5 Å². The smallest absolute Gasteiger partial charge is 0.332 e. The van der Waals surface area contributed by atoms with Crippen molar-refractivity contribution in [2.75, 3.05) is 0 Å². The van der Waals surface area contributed by atoms with Gasteiger partial charge in [0.25, 0.3) is 5.56 Å². The number of nitrogens with one attached hydrogen (secondary N) is 1.